The number of nitrogens with zero attached hydrogens (tertiary/aromatic N) is 1. The summed E-state index contributed by atoms with van der Waals surface area (Å²) >= 11 is 0. The van der Waals surface area contributed by atoms with Crippen LogP contribution in [0.5, 0.6) is 0 Å². The number of nitrogens with one attached hydrogen (secondary N) is 2. The van der Waals surface area contributed by atoms with Gasteiger partial charge in [0.15, 0.2) is 5.96 Å². The van der Waals surface area contributed by atoms with E-state index in [2.05, 4.69) is 21.7 Å². The minimum atomic E-state index is 0.781. The third-order valence-corrected chi connectivity index (χ3v) is 4.83. The lowest BCUT2D eigenvalue weighted by atomic mass is 10.0. The highest BCUT2D eigenvalue weighted by Crippen LogP contribution is 2.28. The van der Waals surface area contributed by atoms with Gasteiger partial charge >= 0.3 is 0 Å². The van der Waals surface area contributed by atoms with Gasteiger partial charge < -0.3 is 15.4 Å². The van der Waals surface area contributed by atoms with Crippen molar-refractivity contribution in [1.82, 2.24) is 10.6 Å². The van der Waals surface area contributed by atoms with Gasteiger partial charge in [0.05, 0.1) is 13.2 Å². The highest BCUT2D eigenvalue weighted by Gasteiger charge is 2.13. The molecule has 0 atom stereocenters. The van der Waals surface area contributed by atoms with Gasteiger partial charge in [0.25, 0.3) is 0 Å². The van der Waals surface area contributed by atoms with Gasteiger partial charge in [-0.1, -0.05) is 50.2 Å². The first kappa shape index (κ1) is 17.3. The second kappa shape index (κ2) is 10.7. The average molecular weight is 307 g/mol. The molecule has 0 amide bonds. The van der Waals surface area contributed by atoms with Crippen molar-refractivity contribution in [2.45, 2.75) is 57.8 Å². The van der Waals surface area contributed by atoms with E-state index in [9.17, 15) is 0 Å². The average Bonchev–Trinajstić information content (AvgIpc) is 3.07. The normalized spacial score (nSPS) is 20.0. The third-order valence-electron chi connectivity index (χ3n) is 4.83. The minimum Gasteiger partial charge on any atom is -0.377 e. The Labute approximate surface area is 135 Å². The van der Waals surface area contributed by atoms with Crippen LogP contribution in [-0.4, -0.2) is 39.3 Å². The second-order valence-corrected chi connectivity index (χ2v) is 6.51. The van der Waals surface area contributed by atoms with Gasteiger partial charge in [-0.25, -0.2) is 0 Å². The lowest BCUT2D eigenvalue weighted by Crippen LogP contribution is -2.38. The van der Waals surface area contributed by atoms with Crippen molar-refractivity contribution in [3.8, 4) is 0 Å². The molecule has 0 unspecified atom stereocenters. The number of rotatable bonds is 8. The Hall–Kier alpha value is -1.03. The molecule has 0 aromatic carbocycles. The van der Waals surface area contributed by atoms with Crippen LogP contribution in [-0.2, 0) is 4.74 Å². The number of ether oxygens (including phenoxy) is 1. The van der Waals surface area contributed by atoms with Gasteiger partial charge in [-0.2, -0.15) is 0 Å². The van der Waals surface area contributed by atoms with Crippen LogP contribution < -0.4 is 10.6 Å². The largest absolute Gasteiger partial charge is 0.377 e. The first-order chi connectivity index (χ1) is 10.9. The predicted octanol–water partition coefficient (Wildman–Crippen LogP) is 3.25. The summed E-state index contributed by atoms with van der Waals surface area (Å²) in [6.07, 6.45) is 14.3. The highest BCUT2D eigenvalue weighted by atomic mass is 16.5. The molecule has 1 aliphatic heterocycles. The van der Waals surface area contributed by atoms with Crippen LogP contribution in [0.4, 0.5) is 0 Å². The second-order valence-electron chi connectivity index (χ2n) is 6.51. The summed E-state index contributed by atoms with van der Waals surface area (Å²) in [6.45, 7) is 3.64. The molecule has 2 aliphatic rings. The van der Waals surface area contributed by atoms with Crippen LogP contribution in [0.2, 0.25) is 0 Å². The van der Waals surface area contributed by atoms with Crippen molar-refractivity contribution in [2.75, 3.05) is 33.4 Å². The number of unbranched alkanes of at least 4 members (excludes halogenated alkanes) is 1. The summed E-state index contributed by atoms with van der Waals surface area (Å²) in [4.78, 5) is 4.30. The quantitative estimate of drug-likeness (QED) is 0.313. The fraction of sp³-hybridized carbons (Fsp3) is 0.833. The molecular weight excluding hydrogens is 274 g/mol. The Morgan fingerprint density at radius 2 is 2.05 bits per heavy atom. The molecule has 0 bridgehead atoms. The standard InChI is InChI=1S/C18H33N3O/c1-19-18(21-13-9-17-10-14-22-15-11-17)20-12-5-4-8-16-6-2-3-7-16/h10,16H,2-9,11-15H2,1H3,(H2,19,20,21). The Morgan fingerprint density at radius 3 is 2.77 bits per heavy atom. The Kier molecular flexibility index (Phi) is 8.39. The van der Waals surface area contributed by atoms with Crippen molar-refractivity contribution >= 4 is 5.96 Å². The van der Waals surface area contributed by atoms with E-state index in [-0.39, 0.29) is 0 Å². The van der Waals surface area contributed by atoms with E-state index < -0.39 is 0 Å². The molecule has 1 aliphatic carbocycles. The van der Waals surface area contributed by atoms with Gasteiger partial charge in [0, 0.05) is 20.1 Å². The van der Waals surface area contributed by atoms with Gasteiger partial charge in [-0.15, -0.1) is 0 Å². The van der Waals surface area contributed by atoms with Gasteiger partial charge in [-0.3, -0.25) is 4.99 Å². The van der Waals surface area contributed by atoms with Crippen molar-refractivity contribution in [1.29, 1.82) is 0 Å². The molecule has 4 heteroatoms. The van der Waals surface area contributed by atoms with E-state index in [1.807, 2.05) is 7.05 Å². The molecule has 1 heterocycles. The first-order valence-electron chi connectivity index (χ1n) is 9.08. The summed E-state index contributed by atoms with van der Waals surface area (Å²) in [5, 5.41) is 6.83. The van der Waals surface area contributed by atoms with Crippen LogP contribution in [0.25, 0.3) is 0 Å². The summed E-state index contributed by atoms with van der Waals surface area (Å²) in [6, 6.07) is 0. The zero-order valence-corrected chi connectivity index (χ0v) is 14.2. The zero-order valence-electron chi connectivity index (χ0n) is 14.2. The molecule has 126 valence electrons. The monoisotopic (exact) mass is 307 g/mol. The van der Waals surface area contributed by atoms with Gasteiger partial charge in [0.2, 0.25) is 0 Å². The van der Waals surface area contributed by atoms with E-state index in [4.69, 9.17) is 4.74 Å². The molecule has 0 spiro atoms. The number of guanidine groups is 1. The van der Waals surface area contributed by atoms with Crippen molar-refractivity contribution in [2.24, 2.45) is 10.9 Å². The molecule has 1 saturated carbocycles. The third kappa shape index (κ3) is 6.82. The predicted molar refractivity (Wildman–Crippen MR) is 93.3 cm³/mol. The SMILES string of the molecule is CN=C(NCCCCC1CCCC1)NCCC1=CCOCC1. The first-order valence-corrected chi connectivity index (χ1v) is 9.08. The van der Waals surface area contributed by atoms with Crippen molar-refractivity contribution in [3.05, 3.63) is 11.6 Å². The Morgan fingerprint density at radius 1 is 1.23 bits per heavy atom. The zero-order chi connectivity index (χ0) is 15.5. The van der Waals surface area contributed by atoms with E-state index in [1.54, 1.807) is 0 Å². The molecule has 0 aromatic heterocycles. The summed E-state index contributed by atoms with van der Waals surface area (Å²) in [5.41, 5.74) is 1.51. The maximum Gasteiger partial charge on any atom is 0.190 e. The highest BCUT2D eigenvalue weighted by molar-refractivity contribution is 5.79. The van der Waals surface area contributed by atoms with Gasteiger partial charge in [0.1, 0.15) is 0 Å². The molecule has 4 nitrogen and oxygen atoms in total. The molecule has 0 saturated heterocycles. The number of aliphatic imine (C=N–C) groups is 1. The topological polar surface area (TPSA) is 45.7 Å². The van der Waals surface area contributed by atoms with E-state index in [0.717, 1.165) is 51.0 Å². The van der Waals surface area contributed by atoms with E-state index in [1.165, 1.54) is 50.5 Å². The van der Waals surface area contributed by atoms with Crippen molar-refractivity contribution in [3.63, 3.8) is 0 Å². The molecule has 0 radical (unpaired) electrons. The molecule has 1 fully saturated rings. The fourth-order valence-electron chi connectivity index (χ4n) is 3.42. The van der Waals surface area contributed by atoms with E-state index in [0.29, 0.717) is 0 Å². The maximum atomic E-state index is 5.33. The Bertz CT molecular complexity index is 359. The number of hydrogen-bond acceptors (Lipinski definition) is 2. The fourth-order valence-corrected chi connectivity index (χ4v) is 3.42. The summed E-state index contributed by atoms with van der Waals surface area (Å²) in [7, 11) is 1.85. The molecule has 0 aromatic rings. The molecule has 2 rings (SSSR count). The van der Waals surface area contributed by atoms with Crippen LogP contribution in [0.3, 0.4) is 0 Å². The maximum absolute atomic E-state index is 5.33. The minimum absolute atomic E-state index is 0.781. The lowest BCUT2D eigenvalue weighted by molar-refractivity contribution is 0.153. The molecular formula is C18H33N3O. The van der Waals surface area contributed by atoms with Crippen LogP contribution >= 0.6 is 0 Å². The summed E-state index contributed by atoms with van der Waals surface area (Å²) in [5.74, 6) is 1.96. The van der Waals surface area contributed by atoms with Crippen LogP contribution in [0.1, 0.15) is 57.8 Å². The summed E-state index contributed by atoms with van der Waals surface area (Å²) < 4.78 is 5.33. The van der Waals surface area contributed by atoms with E-state index >= 15 is 0 Å². The smallest absolute Gasteiger partial charge is 0.190 e. The lowest BCUT2D eigenvalue weighted by Gasteiger charge is -2.15. The van der Waals surface area contributed by atoms with Crippen molar-refractivity contribution < 1.29 is 4.74 Å². The van der Waals surface area contributed by atoms with Crippen LogP contribution in [0.15, 0.2) is 16.6 Å². The van der Waals surface area contributed by atoms with Crippen LogP contribution in [0, 0.1) is 5.92 Å². The molecule has 22 heavy (non-hydrogen) atoms. The number of hydrogen-bond donors (Lipinski definition) is 2. The molecule has 2 N–H and O–H groups in total. The Balaban J connectivity index is 1.48. The van der Waals surface area contributed by atoms with Gasteiger partial charge in [-0.05, 0) is 25.2 Å².